The maximum atomic E-state index is 12.0. The lowest BCUT2D eigenvalue weighted by atomic mass is 10.2. The zero-order valence-electron chi connectivity index (χ0n) is 13.1. The SMILES string of the molecule is COc1ccc(OC)c(/C=N\NC2=NS(=O)(=O)c3ccccc32)c1. The van der Waals surface area contributed by atoms with Gasteiger partial charge in [-0.3, -0.25) is 5.43 Å². The Morgan fingerprint density at radius 1 is 1.12 bits per heavy atom. The third kappa shape index (κ3) is 2.95. The molecule has 124 valence electrons. The average molecular weight is 345 g/mol. The average Bonchev–Trinajstić information content (AvgIpc) is 2.86. The Hall–Kier alpha value is -2.87. The molecule has 0 saturated carbocycles. The van der Waals surface area contributed by atoms with Crippen LogP contribution in [0.5, 0.6) is 11.5 Å². The van der Waals surface area contributed by atoms with Crippen molar-refractivity contribution in [2.24, 2.45) is 9.50 Å². The van der Waals surface area contributed by atoms with Gasteiger partial charge in [0.25, 0.3) is 10.0 Å². The van der Waals surface area contributed by atoms with Crippen molar-refractivity contribution in [2.75, 3.05) is 14.2 Å². The van der Waals surface area contributed by atoms with Crippen molar-refractivity contribution in [3.05, 3.63) is 53.6 Å². The van der Waals surface area contributed by atoms with Crippen molar-refractivity contribution in [1.29, 1.82) is 0 Å². The van der Waals surface area contributed by atoms with Crippen LogP contribution in [0.2, 0.25) is 0 Å². The Bertz CT molecular complexity index is 936. The summed E-state index contributed by atoms with van der Waals surface area (Å²) < 4.78 is 38.1. The molecule has 0 fully saturated rings. The lowest BCUT2D eigenvalue weighted by Gasteiger charge is -2.07. The molecule has 0 aromatic heterocycles. The molecule has 2 aromatic rings. The third-order valence-corrected chi connectivity index (χ3v) is 4.78. The van der Waals surface area contributed by atoms with Crippen LogP contribution in [0, 0.1) is 0 Å². The molecule has 0 amide bonds. The number of nitrogens with zero attached hydrogens (tertiary/aromatic N) is 2. The van der Waals surface area contributed by atoms with Crippen LogP contribution in [0.1, 0.15) is 11.1 Å². The summed E-state index contributed by atoms with van der Waals surface area (Å²) in [5, 5.41) is 4.07. The van der Waals surface area contributed by atoms with Crippen molar-refractivity contribution >= 4 is 22.1 Å². The van der Waals surface area contributed by atoms with Crippen LogP contribution >= 0.6 is 0 Å². The first-order valence-corrected chi connectivity index (χ1v) is 8.44. The first-order valence-electron chi connectivity index (χ1n) is 7.00. The van der Waals surface area contributed by atoms with Gasteiger partial charge in [0.15, 0.2) is 5.84 Å². The van der Waals surface area contributed by atoms with Gasteiger partial charge in [0.2, 0.25) is 0 Å². The molecular weight excluding hydrogens is 330 g/mol. The maximum Gasteiger partial charge on any atom is 0.285 e. The molecule has 0 bridgehead atoms. The second kappa shape index (κ2) is 6.32. The number of sulfonamides is 1. The Kier molecular flexibility index (Phi) is 4.22. The summed E-state index contributed by atoms with van der Waals surface area (Å²) in [6.45, 7) is 0. The zero-order chi connectivity index (χ0) is 17.2. The molecule has 1 aliphatic heterocycles. The number of amidine groups is 1. The fourth-order valence-corrected chi connectivity index (χ4v) is 3.46. The van der Waals surface area contributed by atoms with Crippen LogP contribution < -0.4 is 14.9 Å². The number of hydrazone groups is 1. The Morgan fingerprint density at radius 2 is 1.92 bits per heavy atom. The predicted octanol–water partition coefficient (Wildman–Crippen LogP) is 1.78. The largest absolute Gasteiger partial charge is 0.497 e. The lowest BCUT2D eigenvalue weighted by Crippen LogP contribution is -2.17. The maximum absolute atomic E-state index is 12.0. The van der Waals surface area contributed by atoms with E-state index < -0.39 is 10.0 Å². The van der Waals surface area contributed by atoms with Crippen molar-refractivity contribution < 1.29 is 17.9 Å². The molecule has 1 aliphatic rings. The number of nitrogens with one attached hydrogen (secondary N) is 1. The molecule has 0 aliphatic carbocycles. The molecule has 0 saturated heterocycles. The fourth-order valence-electron chi connectivity index (χ4n) is 2.29. The van der Waals surface area contributed by atoms with Gasteiger partial charge in [-0.15, -0.1) is 4.40 Å². The van der Waals surface area contributed by atoms with Gasteiger partial charge in [-0.25, -0.2) is 0 Å². The molecule has 0 unspecified atom stereocenters. The molecule has 8 heteroatoms. The highest BCUT2D eigenvalue weighted by Gasteiger charge is 2.28. The van der Waals surface area contributed by atoms with Crippen molar-refractivity contribution in [2.45, 2.75) is 4.90 Å². The van der Waals surface area contributed by atoms with Crippen LogP contribution in [0.4, 0.5) is 0 Å². The van der Waals surface area contributed by atoms with Crippen LogP contribution in [-0.2, 0) is 10.0 Å². The number of hydrogen-bond donors (Lipinski definition) is 1. The molecule has 1 N–H and O–H groups in total. The van der Waals surface area contributed by atoms with E-state index in [1.807, 2.05) is 0 Å². The minimum absolute atomic E-state index is 0.168. The van der Waals surface area contributed by atoms with Crippen LogP contribution in [0.3, 0.4) is 0 Å². The first-order chi connectivity index (χ1) is 11.5. The summed E-state index contributed by atoms with van der Waals surface area (Å²) in [4.78, 5) is 0.168. The topological polar surface area (TPSA) is 89.3 Å². The summed E-state index contributed by atoms with van der Waals surface area (Å²) in [6, 6.07) is 11.9. The van der Waals surface area contributed by atoms with Gasteiger partial charge >= 0.3 is 0 Å². The predicted molar refractivity (Wildman–Crippen MR) is 90.4 cm³/mol. The number of methoxy groups -OCH3 is 2. The van der Waals surface area contributed by atoms with Gasteiger partial charge in [-0.1, -0.05) is 12.1 Å². The van der Waals surface area contributed by atoms with Crippen molar-refractivity contribution in [1.82, 2.24) is 5.43 Å². The lowest BCUT2D eigenvalue weighted by molar-refractivity contribution is 0.402. The second-order valence-corrected chi connectivity index (χ2v) is 6.46. The molecule has 3 rings (SSSR count). The highest BCUT2D eigenvalue weighted by atomic mass is 32.2. The standard InChI is InChI=1S/C16H15N3O4S/c1-22-12-7-8-14(23-2)11(9-12)10-17-18-16-13-5-3-4-6-15(13)24(20,21)19-16/h3-10H,1-2H3,(H,18,19)/b17-10-. The molecule has 7 nitrogen and oxygen atoms in total. The van der Waals surface area contributed by atoms with Gasteiger partial charge in [-0.05, 0) is 30.3 Å². The molecular formula is C16H15N3O4S. The number of rotatable bonds is 4. The summed E-state index contributed by atoms with van der Waals surface area (Å²) in [5.74, 6) is 1.45. The monoisotopic (exact) mass is 345 g/mol. The Morgan fingerprint density at radius 3 is 2.67 bits per heavy atom. The highest BCUT2D eigenvalue weighted by molar-refractivity contribution is 7.90. The van der Waals surface area contributed by atoms with E-state index in [2.05, 4.69) is 14.9 Å². The second-order valence-electron chi connectivity index (χ2n) is 4.89. The summed E-state index contributed by atoms with van der Waals surface area (Å²) in [6.07, 6.45) is 1.51. The number of ether oxygens (including phenoxy) is 2. The van der Waals surface area contributed by atoms with Gasteiger partial charge in [0, 0.05) is 11.1 Å². The summed E-state index contributed by atoms with van der Waals surface area (Å²) in [7, 11) is -0.549. The minimum Gasteiger partial charge on any atom is -0.497 e. The molecule has 2 aromatic carbocycles. The van der Waals surface area contributed by atoms with E-state index in [1.54, 1.807) is 50.6 Å². The number of benzene rings is 2. The summed E-state index contributed by atoms with van der Waals surface area (Å²) >= 11 is 0. The fraction of sp³-hybridized carbons (Fsp3) is 0.125. The van der Waals surface area contributed by atoms with E-state index in [-0.39, 0.29) is 10.7 Å². The van der Waals surface area contributed by atoms with Gasteiger partial charge < -0.3 is 9.47 Å². The highest BCUT2D eigenvalue weighted by Crippen LogP contribution is 2.25. The van der Waals surface area contributed by atoms with E-state index in [9.17, 15) is 8.42 Å². The minimum atomic E-state index is -3.67. The Labute approximate surface area is 139 Å². The van der Waals surface area contributed by atoms with E-state index in [0.717, 1.165) is 0 Å². The molecule has 0 radical (unpaired) electrons. The summed E-state index contributed by atoms with van der Waals surface area (Å²) in [5.41, 5.74) is 3.85. The zero-order valence-corrected chi connectivity index (χ0v) is 13.9. The number of hydrogen-bond acceptors (Lipinski definition) is 6. The van der Waals surface area contributed by atoms with E-state index >= 15 is 0 Å². The van der Waals surface area contributed by atoms with Gasteiger partial charge in [0.05, 0.1) is 20.4 Å². The first kappa shape index (κ1) is 16.0. The smallest absolute Gasteiger partial charge is 0.285 e. The Balaban J connectivity index is 1.86. The van der Waals surface area contributed by atoms with Crippen molar-refractivity contribution in [3.63, 3.8) is 0 Å². The van der Waals surface area contributed by atoms with Gasteiger partial charge in [-0.2, -0.15) is 13.5 Å². The van der Waals surface area contributed by atoms with Gasteiger partial charge in [0.1, 0.15) is 16.4 Å². The van der Waals surface area contributed by atoms with Crippen LogP contribution in [0.15, 0.2) is 56.9 Å². The number of fused-ring (bicyclic) bond motifs is 1. The van der Waals surface area contributed by atoms with E-state index in [4.69, 9.17) is 9.47 Å². The van der Waals surface area contributed by atoms with Crippen LogP contribution in [0.25, 0.3) is 0 Å². The van der Waals surface area contributed by atoms with E-state index in [1.165, 1.54) is 12.3 Å². The normalized spacial score (nSPS) is 15.0. The van der Waals surface area contributed by atoms with Crippen molar-refractivity contribution in [3.8, 4) is 11.5 Å². The quantitative estimate of drug-likeness (QED) is 0.674. The molecule has 24 heavy (non-hydrogen) atoms. The molecule has 0 spiro atoms. The van der Waals surface area contributed by atoms with Crippen LogP contribution in [-0.4, -0.2) is 34.7 Å². The molecule has 0 atom stereocenters. The van der Waals surface area contributed by atoms with E-state index in [0.29, 0.717) is 22.6 Å². The third-order valence-electron chi connectivity index (χ3n) is 3.44. The molecule has 1 heterocycles.